The van der Waals surface area contributed by atoms with Crippen molar-refractivity contribution < 1.29 is 14.4 Å². The van der Waals surface area contributed by atoms with E-state index in [9.17, 15) is 14.4 Å². The van der Waals surface area contributed by atoms with Gasteiger partial charge < -0.3 is 0 Å². The zero-order valence-corrected chi connectivity index (χ0v) is 14.8. The van der Waals surface area contributed by atoms with E-state index in [2.05, 4.69) is 10.9 Å². The number of hydrogen-bond donors (Lipinski definition) is 2. The van der Waals surface area contributed by atoms with Crippen molar-refractivity contribution in [3.63, 3.8) is 0 Å². The summed E-state index contributed by atoms with van der Waals surface area (Å²) in [5, 5.41) is 0. The second kappa shape index (κ2) is 7.88. The molecular weight excluding hydrogens is 324 g/mol. The lowest BCUT2D eigenvalue weighted by molar-refractivity contribution is -0.121. The van der Waals surface area contributed by atoms with Gasteiger partial charge in [0.25, 0.3) is 5.91 Å². The van der Waals surface area contributed by atoms with Crippen LogP contribution in [-0.2, 0) is 4.79 Å². The molecule has 6 heteroatoms. The third-order valence-electron chi connectivity index (χ3n) is 3.69. The summed E-state index contributed by atoms with van der Waals surface area (Å²) in [6.07, 6.45) is 0.123. The third kappa shape index (κ3) is 4.76. The van der Waals surface area contributed by atoms with Crippen LogP contribution in [0.15, 0.2) is 30.3 Å². The fraction of sp³-hybridized carbons (Fsp3) is 0.278. The molecule has 0 aliphatic heterocycles. The predicted molar refractivity (Wildman–Crippen MR) is 94.1 cm³/mol. The molecule has 0 spiro atoms. The molecule has 2 amide bonds. The second-order valence-corrected chi connectivity index (χ2v) is 6.92. The molecule has 126 valence electrons. The monoisotopic (exact) mass is 344 g/mol. The highest BCUT2D eigenvalue weighted by Crippen LogP contribution is 2.14. The van der Waals surface area contributed by atoms with E-state index in [0.717, 1.165) is 16.0 Å². The van der Waals surface area contributed by atoms with E-state index in [1.165, 1.54) is 11.3 Å². The summed E-state index contributed by atoms with van der Waals surface area (Å²) in [6, 6.07) is 9.03. The summed E-state index contributed by atoms with van der Waals surface area (Å²) in [5.74, 6) is -0.843. The molecule has 5 nitrogen and oxygen atoms in total. The Hall–Kier alpha value is -2.47. The maximum absolute atomic E-state index is 12.1. The van der Waals surface area contributed by atoms with E-state index in [-0.39, 0.29) is 24.5 Å². The number of aryl methyl sites for hydroxylation is 3. The third-order valence-corrected chi connectivity index (χ3v) is 4.69. The molecule has 2 rings (SSSR count). The van der Waals surface area contributed by atoms with Crippen LogP contribution in [0, 0.1) is 20.8 Å². The lowest BCUT2D eigenvalue weighted by Gasteiger charge is -2.07. The first-order valence-electron chi connectivity index (χ1n) is 7.63. The van der Waals surface area contributed by atoms with Crippen LogP contribution in [0.3, 0.4) is 0 Å². The number of nitrogens with one attached hydrogen (secondary N) is 2. The Morgan fingerprint density at radius 1 is 0.917 bits per heavy atom. The van der Waals surface area contributed by atoms with E-state index in [1.54, 1.807) is 12.1 Å². The number of amides is 2. The standard InChI is InChI=1S/C18H20N2O3S/c1-11-4-6-14(10-12(11)2)15(21)7-9-17(22)19-20-18(23)16-8-5-13(3)24-16/h4-6,8,10H,7,9H2,1-3H3,(H,19,22)(H,20,23). The van der Waals surface area contributed by atoms with Gasteiger partial charge in [-0.2, -0.15) is 0 Å². The molecule has 24 heavy (non-hydrogen) atoms. The number of hydrazine groups is 1. The maximum atomic E-state index is 12.1. The fourth-order valence-corrected chi connectivity index (χ4v) is 2.86. The van der Waals surface area contributed by atoms with Crippen molar-refractivity contribution >= 4 is 28.9 Å². The van der Waals surface area contributed by atoms with E-state index < -0.39 is 5.91 Å². The zero-order valence-electron chi connectivity index (χ0n) is 13.9. The van der Waals surface area contributed by atoms with Crippen LogP contribution in [0.1, 0.15) is 48.9 Å². The molecule has 0 bridgehead atoms. The molecule has 0 atom stereocenters. The molecule has 0 saturated heterocycles. The van der Waals surface area contributed by atoms with Gasteiger partial charge in [0.2, 0.25) is 5.91 Å². The van der Waals surface area contributed by atoms with Gasteiger partial charge in [-0.05, 0) is 50.1 Å². The van der Waals surface area contributed by atoms with Gasteiger partial charge in [-0.1, -0.05) is 12.1 Å². The Labute approximate surface area is 145 Å². The van der Waals surface area contributed by atoms with Crippen LogP contribution < -0.4 is 10.9 Å². The van der Waals surface area contributed by atoms with Crippen molar-refractivity contribution in [3.8, 4) is 0 Å². The Morgan fingerprint density at radius 3 is 2.29 bits per heavy atom. The van der Waals surface area contributed by atoms with Gasteiger partial charge in [-0.3, -0.25) is 25.2 Å². The van der Waals surface area contributed by atoms with Crippen molar-refractivity contribution in [1.29, 1.82) is 0 Å². The van der Waals surface area contributed by atoms with Gasteiger partial charge in [0.15, 0.2) is 5.78 Å². The Morgan fingerprint density at radius 2 is 1.67 bits per heavy atom. The van der Waals surface area contributed by atoms with Crippen molar-refractivity contribution in [2.45, 2.75) is 33.6 Å². The molecule has 0 unspecified atom stereocenters. The van der Waals surface area contributed by atoms with Crippen LogP contribution in [0.25, 0.3) is 0 Å². The molecule has 1 aromatic heterocycles. The van der Waals surface area contributed by atoms with Gasteiger partial charge >= 0.3 is 0 Å². The molecule has 0 fully saturated rings. The van der Waals surface area contributed by atoms with Crippen molar-refractivity contribution in [1.82, 2.24) is 10.9 Å². The summed E-state index contributed by atoms with van der Waals surface area (Å²) >= 11 is 1.35. The van der Waals surface area contributed by atoms with Crippen LogP contribution in [0.5, 0.6) is 0 Å². The average molecular weight is 344 g/mol. The lowest BCUT2D eigenvalue weighted by Crippen LogP contribution is -2.41. The van der Waals surface area contributed by atoms with Gasteiger partial charge in [0.1, 0.15) is 0 Å². The van der Waals surface area contributed by atoms with E-state index >= 15 is 0 Å². The molecule has 0 aliphatic rings. The first-order chi connectivity index (χ1) is 11.4. The molecule has 2 aromatic rings. The predicted octanol–water partition coefficient (Wildman–Crippen LogP) is 3.10. The topological polar surface area (TPSA) is 75.3 Å². The van der Waals surface area contributed by atoms with E-state index in [1.807, 2.05) is 39.0 Å². The number of benzene rings is 1. The summed E-state index contributed by atoms with van der Waals surface area (Å²) in [7, 11) is 0. The smallest absolute Gasteiger partial charge is 0.279 e. The average Bonchev–Trinajstić information content (AvgIpc) is 2.99. The molecule has 1 aromatic carbocycles. The van der Waals surface area contributed by atoms with Gasteiger partial charge in [0, 0.05) is 23.3 Å². The van der Waals surface area contributed by atoms with Crippen LogP contribution >= 0.6 is 11.3 Å². The first kappa shape index (κ1) is 17.9. The summed E-state index contributed by atoms with van der Waals surface area (Å²) in [6.45, 7) is 5.83. The number of thiophene rings is 1. The number of hydrogen-bond acceptors (Lipinski definition) is 4. The normalized spacial score (nSPS) is 10.3. The van der Waals surface area contributed by atoms with E-state index in [0.29, 0.717) is 10.4 Å². The van der Waals surface area contributed by atoms with Crippen molar-refractivity contribution in [3.05, 3.63) is 56.8 Å². The Balaban J connectivity index is 1.79. The van der Waals surface area contributed by atoms with Crippen molar-refractivity contribution in [2.24, 2.45) is 0 Å². The molecule has 0 aliphatic carbocycles. The number of carbonyl (C=O) groups excluding carboxylic acids is 3. The minimum absolute atomic E-state index is 0.0233. The molecule has 1 heterocycles. The Kier molecular flexibility index (Phi) is 5.87. The highest BCUT2D eigenvalue weighted by atomic mass is 32.1. The SMILES string of the molecule is Cc1ccc(C(=O)NNC(=O)CCC(=O)c2ccc(C)c(C)c2)s1. The van der Waals surface area contributed by atoms with Gasteiger partial charge in [-0.25, -0.2) is 0 Å². The number of carbonyl (C=O) groups is 3. The number of rotatable bonds is 5. The maximum Gasteiger partial charge on any atom is 0.279 e. The molecule has 0 saturated carbocycles. The number of ketones is 1. The minimum Gasteiger partial charge on any atom is -0.294 e. The van der Waals surface area contributed by atoms with Crippen LogP contribution in [0.2, 0.25) is 0 Å². The highest BCUT2D eigenvalue weighted by Gasteiger charge is 2.12. The largest absolute Gasteiger partial charge is 0.294 e. The second-order valence-electron chi connectivity index (χ2n) is 5.63. The minimum atomic E-state index is -0.395. The quantitative estimate of drug-likeness (QED) is 0.646. The van der Waals surface area contributed by atoms with Gasteiger partial charge in [0.05, 0.1) is 4.88 Å². The van der Waals surface area contributed by atoms with Crippen molar-refractivity contribution in [2.75, 3.05) is 0 Å². The van der Waals surface area contributed by atoms with Crippen LogP contribution in [-0.4, -0.2) is 17.6 Å². The Bertz CT molecular complexity index is 780. The summed E-state index contributed by atoms with van der Waals surface area (Å²) < 4.78 is 0. The fourth-order valence-electron chi connectivity index (χ4n) is 2.09. The van der Waals surface area contributed by atoms with Gasteiger partial charge in [-0.15, -0.1) is 11.3 Å². The summed E-state index contributed by atoms with van der Waals surface area (Å²) in [5.41, 5.74) is 7.45. The van der Waals surface area contributed by atoms with E-state index in [4.69, 9.17) is 0 Å². The van der Waals surface area contributed by atoms with Crippen LogP contribution in [0.4, 0.5) is 0 Å². The molecular formula is C18H20N2O3S. The molecule has 0 radical (unpaired) electrons. The number of Topliss-reactive ketones (excluding diaryl/α,β-unsaturated/α-hetero) is 1. The lowest BCUT2D eigenvalue weighted by atomic mass is 10.0. The summed E-state index contributed by atoms with van der Waals surface area (Å²) in [4.78, 5) is 37.2. The molecule has 2 N–H and O–H groups in total. The zero-order chi connectivity index (χ0) is 17.7. The highest BCUT2D eigenvalue weighted by molar-refractivity contribution is 7.13. The first-order valence-corrected chi connectivity index (χ1v) is 8.44.